The third kappa shape index (κ3) is 3.70. The van der Waals surface area contributed by atoms with E-state index in [0.717, 1.165) is 58.9 Å². The zero-order valence-corrected chi connectivity index (χ0v) is 18.1. The summed E-state index contributed by atoms with van der Waals surface area (Å²) in [4.78, 5) is 7.28. The molecule has 162 valence electrons. The van der Waals surface area contributed by atoms with Crippen molar-refractivity contribution in [3.8, 4) is 17.0 Å². The van der Waals surface area contributed by atoms with Gasteiger partial charge in [-0.05, 0) is 85.3 Å². The van der Waals surface area contributed by atoms with Gasteiger partial charge in [-0.15, -0.1) is 0 Å². The number of aliphatic hydroxyl groups is 1. The Morgan fingerprint density at radius 1 is 1.19 bits per heavy atom. The Hall–Kier alpha value is -2.50. The molecule has 3 aliphatic heterocycles. The van der Waals surface area contributed by atoms with Gasteiger partial charge in [0, 0.05) is 23.5 Å². The second-order valence-electron chi connectivity index (χ2n) is 8.95. The SMILES string of the molecule is CC[C@H]1CN2CC[C@H]1C[C@H]2[C@H](O)c1cc(-c2ccc(F)cc2)nc2ccc(OC)cc12. The van der Waals surface area contributed by atoms with Gasteiger partial charge in [-0.25, -0.2) is 9.37 Å². The largest absolute Gasteiger partial charge is 0.497 e. The van der Waals surface area contributed by atoms with E-state index in [1.54, 1.807) is 19.2 Å². The van der Waals surface area contributed by atoms with Crippen LogP contribution in [0.2, 0.25) is 0 Å². The summed E-state index contributed by atoms with van der Waals surface area (Å²) in [5.41, 5.74) is 3.26. The van der Waals surface area contributed by atoms with Crippen molar-refractivity contribution >= 4 is 10.9 Å². The fourth-order valence-corrected chi connectivity index (χ4v) is 5.55. The number of piperidine rings is 3. The maximum Gasteiger partial charge on any atom is 0.123 e. The van der Waals surface area contributed by atoms with Crippen molar-refractivity contribution < 1.29 is 14.2 Å². The zero-order valence-electron chi connectivity index (χ0n) is 18.1. The van der Waals surface area contributed by atoms with E-state index in [1.807, 2.05) is 24.3 Å². The second-order valence-corrected chi connectivity index (χ2v) is 8.95. The van der Waals surface area contributed by atoms with Crippen molar-refractivity contribution in [3.05, 3.63) is 59.9 Å². The van der Waals surface area contributed by atoms with Crippen LogP contribution in [0.4, 0.5) is 4.39 Å². The first kappa shape index (κ1) is 20.4. The molecule has 5 atom stereocenters. The Kier molecular flexibility index (Phi) is 5.40. The summed E-state index contributed by atoms with van der Waals surface area (Å²) in [5, 5.41) is 12.5. The van der Waals surface area contributed by atoms with Crippen molar-refractivity contribution in [2.45, 2.75) is 38.3 Å². The monoisotopic (exact) mass is 420 g/mol. The maximum atomic E-state index is 13.5. The van der Waals surface area contributed by atoms with E-state index < -0.39 is 6.10 Å². The zero-order chi connectivity index (χ0) is 21.5. The van der Waals surface area contributed by atoms with Gasteiger partial charge in [0.2, 0.25) is 0 Å². The molecule has 3 aliphatic rings. The Morgan fingerprint density at radius 2 is 2.00 bits per heavy atom. The molecule has 4 heterocycles. The van der Waals surface area contributed by atoms with Gasteiger partial charge in [0.25, 0.3) is 0 Å². The normalized spacial score (nSPS) is 26.2. The van der Waals surface area contributed by atoms with Gasteiger partial charge in [-0.2, -0.15) is 0 Å². The number of halogens is 1. The lowest BCUT2D eigenvalue weighted by molar-refractivity contribution is -0.0562. The van der Waals surface area contributed by atoms with E-state index in [0.29, 0.717) is 5.92 Å². The highest BCUT2D eigenvalue weighted by molar-refractivity contribution is 5.87. The summed E-state index contributed by atoms with van der Waals surface area (Å²) >= 11 is 0. The number of nitrogens with zero attached hydrogens (tertiary/aromatic N) is 2. The molecule has 2 aromatic carbocycles. The number of hydrogen-bond donors (Lipinski definition) is 1. The highest BCUT2D eigenvalue weighted by Crippen LogP contribution is 2.43. The molecule has 3 aromatic rings. The van der Waals surface area contributed by atoms with E-state index in [-0.39, 0.29) is 11.9 Å². The Balaban J connectivity index is 1.59. The molecule has 3 fully saturated rings. The van der Waals surface area contributed by atoms with Crippen LogP contribution in [0.25, 0.3) is 22.2 Å². The Labute approximate surface area is 182 Å². The van der Waals surface area contributed by atoms with Gasteiger partial charge in [-0.1, -0.05) is 13.3 Å². The number of fused-ring (bicyclic) bond motifs is 4. The molecular formula is C26H29FN2O2. The van der Waals surface area contributed by atoms with Crippen molar-refractivity contribution in [1.29, 1.82) is 0 Å². The van der Waals surface area contributed by atoms with Crippen molar-refractivity contribution in [1.82, 2.24) is 9.88 Å². The van der Waals surface area contributed by atoms with E-state index in [4.69, 9.17) is 9.72 Å². The number of benzene rings is 2. The van der Waals surface area contributed by atoms with Crippen molar-refractivity contribution in [3.63, 3.8) is 0 Å². The van der Waals surface area contributed by atoms with Crippen LogP contribution in [-0.4, -0.2) is 41.2 Å². The number of pyridine rings is 1. The molecule has 1 N–H and O–H groups in total. The van der Waals surface area contributed by atoms with Crippen LogP contribution >= 0.6 is 0 Å². The van der Waals surface area contributed by atoms with Crippen LogP contribution in [0.1, 0.15) is 37.9 Å². The van der Waals surface area contributed by atoms with Gasteiger partial charge < -0.3 is 9.84 Å². The number of aliphatic hydroxyl groups excluding tert-OH is 1. The fraction of sp³-hybridized carbons (Fsp3) is 0.423. The molecule has 31 heavy (non-hydrogen) atoms. The molecule has 0 saturated carbocycles. The van der Waals surface area contributed by atoms with Crippen molar-refractivity contribution in [2.75, 3.05) is 20.2 Å². The molecule has 0 aliphatic carbocycles. The topological polar surface area (TPSA) is 45.6 Å². The van der Waals surface area contributed by atoms with Gasteiger partial charge >= 0.3 is 0 Å². The third-order valence-electron chi connectivity index (χ3n) is 7.33. The smallest absolute Gasteiger partial charge is 0.123 e. The molecule has 3 saturated heterocycles. The average Bonchev–Trinajstić information content (AvgIpc) is 2.83. The van der Waals surface area contributed by atoms with Crippen molar-refractivity contribution in [2.24, 2.45) is 11.8 Å². The number of rotatable bonds is 5. The number of ether oxygens (including phenoxy) is 1. The maximum absolute atomic E-state index is 13.5. The summed E-state index contributed by atoms with van der Waals surface area (Å²) in [6.07, 6.45) is 2.85. The predicted octanol–water partition coefficient (Wildman–Crippen LogP) is 5.20. The standard InChI is InChI=1S/C26H29FN2O2/c1-3-16-15-29-11-10-18(16)12-25(29)26(30)22-14-24(17-4-6-19(27)7-5-17)28-23-9-8-20(31-2)13-21(22)23/h4-9,13-14,16,18,25-26,30H,3,10-12,15H2,1-2H3/t16-,18-,25-,26+/m0/s1. The van der Waals surface area contributed by atoms with Crippen LogP contribution in [0.5, 0.6) is 5.75 Å². The Bertz CT molecular complexity index is 1080. The highest BCUT2D eigenvalue weighted by atomic mass is 19.1. The predicted molar refractivity (Wildman–Crippen MR) is 121 cm³/mol. The first-order chi connectivity index (χ1) is 15.1. The van der Waals surface area contributed by atoms with Gasteiger partial charge in [0.1, 0.15) is 11.6 Å². The molecule has 6 rings (SSSR count). The van der Waals surface area contributed by atoms with Gasteiger partial charge in [-0.3, -0.25) is 4.90 Å². The van der Waals surface area contributed by atoms with Gasteiger partial charge in [0.05, 0.1) is 24.4 Å². The summed E-state index contributed by atoms with van der Waals surface area (Å²) < 4.78 is 18.9. The molecule has 5 heteroatoms. The molecule has 1 aromatic heterocycles. The fourth-order valence-electron chi connectivity index (χ4n) is 5.55. The number of methoxy groups -OCH3 is 1. The third-order valence-corrected chi connectivity index (χ3v) is 7.33. The van der Waals surface area contributed by atoms with E-state index in [1.165, 1.54) is 25.0 Å². The first-order valence-corrected chi connectivity index (χ1v) is 11.2. The summed E-state index contributed by atoms with van der Waals surface area (Å²) in [6, 6.07) is 14.2. The number of aromatic nitrogens is 1. The van der Waals surface area contributed by atoms with Crippen LogP contribution < -0.4 is 4.74 Å². The minimum atomic E-state index is -0.614. The Morgan fingerprint density at radius 3 is 2.68 bits per heavy atom. The molecule has 0 amide bonds. The first-order valence-electron chi connectivity index (χ1n) is 11.2. The molecule has 0 radical (unpaired) electrons. The summed E-state index contributed by atoms with van der Waals surface area (Å²) in [5.74, 6) is 1.90. The van der Waals surface area contributed by atoms with E-state index >= 15 is 0 Å². The van der Waals surface area contributed by atoms with Crippen LogP contribution in [-0.2, 0) is 0 Å². The van der Waals surface area contributed by atoms with Crippen LogP contribution in [0.3, 0.4) is 0 Å². The highest BCUT2D eigenvalue weighted by Gasteiger charge is 2.42. The molecule has 4 nitrogen and oxygen atoms in total. The minimum absolute atomic E-state index is 0.111. The molecule has 1 unspecified atom stereocenters. The molecular weight excluding hydrogens is 391 g/mol. The second kappa shape index (κ2) is 8.21. The average molecular weight is 421 g/mol. The van der Waals surface area contributed by atoms with Gasteiger partial charge in [0.15, 0.2) is 0 Å². The lowest BCUT2D eigenvalue weighted by Gasteiger charge is -2.51. The molecule has 0 spiro atoms. The van der Waals surface area contributed by atoms with E-state index in [2.05, 4.69) is 11.8 Å². The lowest BCUT2D eigenvalue weighted by atomic mass is 9.72. The summed E-state index contributed by atoms with van der Waals surface area (Å²) in [6.45, 7) is 4.40. The lowest BCUT2D eigenvalue weighted by Crippen LogP contribution is -2.55. The minimum Gasteiger partial charge on any atom is -0.497 e. The molecule has 2 bridgehead atoms. The van der Waals surface area contributed by atoms with Crippen LogP contribution in [0.15, 0.2) is 48.5 Å². The summed E-state index contributed by atoms with van der Waals surface area (Å²) in [7, 11) is 1.65. The quantitative estimate of drug-likeness (QED) is 0.616. The number of hydrogen-bond acceptors (Lipinski definition) is 4. The van der Waals surface area contributed by atoms with E-state index in [9.17, 15) is 9.50 Å². The van der Waals surface area contributed by atoms with Crippen LogP contribution in [0, 0.1) is 17.7 Å².